The Morgan fingerprint density at radius 3 is 2.50 bits per heavy atom. The first-order chi connectivity index (χ1) is 10.7. The van der Waals surface area contributed by atoms with Gasteiger partial charge in [-0.3, -0.25) is 4.79 Å². The maximum Gasteiger partial charge on any atom is 0.264 e. The van der Waals surface area contributed by atoms with Crippen molar-refractivity contribution < 1.29 is 4.74 Å². The first-order valence-electron chi connectivity index (χ1n) is 7.07. The standard InChI is InChI=1S/C18H16N2O2/c1-13-4-2-6-16(10-13)22-17-7-3-5-14(12-17)11-15-8-9-18(21)20-19-15/h2-10,12H,11H2,1H3,(H,20,21). The van der Waals surface area contributed by atoms with Crippen molar-refractivity contribution in [3.63, 3.8) is 0 Å². The lowest BCUT2D eigenvalue weighted by Crippen LogP contribution is -2.07. The highest BCUT2D eigenvalue weighted by molar-refractivity contribution is 5.36. The van der Waals surface area contributed by atoms with Crippen molar-refractivity contribution >= 4 is 0 Å². The third kappa shape index (κ3) is 3.61. The SMILES string of the molecule is Cc1cccc(Oc2cccc(Cc3ccc(=O)[nH]n3)c2)c1. The van der Waals surface area contributed by atoms with E-state index in [-0.39, 0.29) is 5.56 Å². The lowest BCUT2D eigenvalue weighted by Gasteiger charge is -2.08. The second-order valence-electron chi connectivity index (χ2n) is 5.16. The van der Waals surface area contributed by atoms with Crippen LogP contribution in [-0.4, -0.2) is 10.2 Å². The fourth-order valence-corrected chi connectivity index (χ4v) is 2.21. The smallest absolute Gasteiger partial charge is 0.264 e. The van der Waals surface area contributed by atoms with Crippen LogP contribution in [0.2, 0.25) is 0 Å². The molecule has 0 saturated heterocycles. The average Bonchev–Trinajstić information content (AvgIpc) is 2.50. The number of aromatic nitrogens is 2. The molecule has 3 rings (SSSR count). The molecule has 0 spiro atoms. The number of ether oxygens (including phenoxy) is 1. The van der Waals surface area contributed by atoms with Crippen molar-refractivity contribution in [2.45, 2.75) is 13.3 Å². The highest BCUT2D eigenvalue weighted by Gasteiger charge is 2.02. The maximum absolute atomic E-state index is 11.0. The summed E-state index contributed by atoms with van der Waals surface area (Å²) in [6.07, 6.45) is 0.641. The Hall–Kier alpha value is -2.88. The van der Waals surface area contributed by atoms with E-state index < -0.39 is 0 Å². The van der Waals surface area contributed by atoms with Gasteiger partial charge in [-0.25, -0.2) is 5.10 Å². The minimum atomic E-state index is -0.194. The minimum Gasteiger partial charge on any atom is -0.457 e. The number of aryl methyl sites for hydroxylation is 1. The number of benzene rings is 2. The van der Waals surface area contributed by atoms with Crippen LogP contribution in [0.1, 0.15) is 16.8 Å². The van der Waals surface area contributed by atoms with Crippen LogP contribution in [0.5, 0.6) is 11.5 Å². The van der Waals surface area contributed by atoms with E-state index in [0.717, 1.165) is 28.3 Å². The first-order valence-corrected chi connectivity index (χ1v) is 7.07. The van der Waals surface area contributed by atoms with Gasteiger partial charge >= 0.3 is 0 Å². The number of hydrogen-bond acceptors (Lipinski definition) is 3. The Balaban J connectivity index is 1.77. The third-order valence-electron chi connectivity index (χ3n) is 3.25. The Morgan fingerprint density at radius 2 is 1.77 bits per heavy atom. The molecule has 1 heterocycles. The first kappa shape index (κ1) is 14.1. The molecule has 0 aliphatic rings. The van der Waals surface area contributed by atoms with Gasteiger partial charge in [0.2, 0.25) is 0 Å². The number of nitrogens with one attached hydrogen (secondary N) is 1. The lowest BCUT2D eigenvalue weighted by atomic mass is 10.1. The molecule has 0 aliphatic heterocycles. The summed E-state index contributed by atoms with van der Waals surface area (Å²) in [4.78, 5) is 11.0. The molecule has 0 atom stereocenters. The van der Waals surface area contributed by atoms with Crippen LogP contribution < -0.4 is 10.3 Å². The number of nitrogens with zero attached hydrogens (tertiary/aromatic N) is 1. The fraction of sp³-hybridized carbons (Fsp3) is 0.111. The van der Waals surface area contributed by atoms with E-state index in [0.29, 0.717) is 6.42 Å². The molecule has 3 aromatic rings. The predicted molar refractivity (Wildman–Crippen MR) is 85.4 cm³/mol. The average molecular weight is 292 g/mol. The third-order valence-corrected chi connectivity index (χ3v) is 3.25. The van der Waals surface area contributed by atoms with Crippen molar-refractivity contribution in [1.82, 2.24) is 10.2 Å². The molecule has 4 heteroatoms. The Labute approximate surface area is 128 Å². The second-order valence-corrected chi connectivity index (χ2v) is 5.16. The highest BCUT2D eigenvalue weighted by atomic mass is 16.5. The Kier molecular flexibility index (Phi) is 4.01. The zero-order valence-corrected chi connectivity index (χ0v) is 12.2. The van der Waals surface area contributed by atoms with Crippen molar-refractivity contribution in [1.29, 1.82) is 0 Å². The van der Waals surface area contributed by atoms with Gasteiger partial charge in [0.25, 0.3) is 5.56 Å². The molecule has 1 N–H and O–H groups in total. The summed E-state index contributed by atoms with van der Waals surface area (Å²) in [5, 5.41) is 6.46. The molecule has 110 valence electrons. The van der Waals surface area contributed by atoms with Gasteiger partial charge in [-0.05, 0) is 48.4 Å². The molecule has 22 heavy (non-hydrogen) atoms. The zero-order valence-electron chi connectivity index (χ0n) is 12.2. The molecule has 0 bridgehead atoms. The monoisotopic (exact) mass is 292 g/mol. The van der Waals surface area contributed by atoms with Crippen LogP contribution in [0.4, 0.5) is 0 Å². The summed E-state index contributed by atoms with van der Waals surface area (Å²) in [6, 6.07) is 19.0. The van der Waals surface area contributed by atoms with Gasteiger partial charge in [0.15, 0.2) is 0 Å². The van der Waals surface area contributed by atoms with Crippen LogP contribution in [-0.2, 0) is 6.42 Å². The minimum absolute atomic E-state index is 0.194. The summed E-state index contributed by atoms with van der Waals surface area (Å²) in [5.41, 5.74) is 2.85. The molecule has 0 unspecified atom stereocenters. The molecule has 1 aromatic heterocycles. The quantitative estimate of drug-likeness (QED) is 0.801. The molecule has 0 radical (unpaired) electrons. The molecular weight excluding hydrogens is 276 g/mol. The van der Waals surface area contributed by atoms with Crippen LogP contribution >= 0.6 is 0 Å². The zero-order chi connectivity index (χ0) is 15.4. The fourth-order valence-electron chi connectivity index (χ4n) is 2.21. The van der Waals surface area contributed by atoms with Gasteiger partial charge in [-0.1, -0.05) is 24.3 Å². The summed E-state index contributed by atoms with van der Waals surface area (Å²) in [7, 11) is 0. The van der Waals surface area contributed by atoms with Crippen molar-refractivity contribution in [3.8, 4) is 11.5 Å². The van der Waals surface area contributed by atoms with Gasteiger partial charge < -0.3 is 4.74 Å². The van der Waals surface area contributed by atoms with Gasteiger partial charge in [0, 0.05) is 12.5 Å². The van der Waals surface area contributed by atoms with Crippen LogP contribution in [0, 0.1) is 6.92 Å². The molecule has 0 fully saturated rings. The summed E-state index contributed by atoms with van der Waals surface area (Å²) < 4.78 is 5.88. The van der Waals surface area contributed by atoms with E-state index in [1.54, 1.807) is 6.07 Å². The van der Waals surface area contributed by atoms with E-state index in [1.165, 1.54) is 6.07 Å². The summed E-state index contributed by atoms with van der Waals surface area (Å²) in [5.74, 6) is 1.60. The number of hydrogen-bond donors (Lipinski definition) is 1. The maximum atomic E-state index is 11.0. The normalized spacial score (nSPS) is 10.4. The lowest BCUT2D eigenvalue weighted by molar-refractivity contribution is 0.481. The molecule has 0 aliphatic carbocycles. The molecule has 0 saturated carbocycles. The largest absolute Gasteiger partial charge is 0.457 e. The van der Waals surface area contributed by atoms with Crippen LogP contribution in [0.25, 0.3) is 0 Å². The van der Waals surface area contributed by atoms with Crippen molar-refractivity contribution in [3.05, 3.63) is 87.8 Å². The van der Waals surface area contributed by atoms with E-state index in [1.807, 2.05) is 55.5 Å². The summed E-state index contributed by atoms with van der Waals surface area (Å²) in [6.45, 7) is 2.03. The second kappa shape index (κ2) is 6.26. The van der Waals surface area contributed by atoms with Crippen LogP contribution in [0.3, 0.4) is 0 Å². The van der Waals surface area contributed by atoms with Crippen molar-refractivity contribution in [2.75, 3.05) is 0 Å². The predicted octanol–water partition coefficient (Wildman–Crippen LogP) is 3.46. The van der Waals surface area contributed by atoms with E-state index in [9.17, 15) is 4.79 Å². The molecule has 2 aromatic carbocycles. The van der Waals surface area contributed by atoms with E-state index in [4.69, 9.17) is 4.74 Å². The van der Waals surface area contributed by atoms with Gasteiger partial charge in [0.05, 0.1) is 5.69 Å². The molecular formula is C18H16N2O2. The van der Waals surface area contributed by atoms with Gasteiger partial charge in [-0.15, -0.1) is 0 Å². The molecule has 4 nitrogen and oxygen atoms in total. The summed E-state index contributed by atoms with van der Waals surface area (Å²) >= 11 is 0. The van der Waals surface area contributed by atoms with Gasteiger partial charge in [0.1, 0.15) is 11.5 Å². The van der Waals surface area contributed by atoms with Gasteiger partial charge in [-0.2, -0.15) is 5.10 Å². The Bertz CT molecular complexity index is 820. The Morgan fingerprint density at radius 1 is 1.00 bits per heavy atom. The van der Waals surface area contributed by atoms with E-state index in [2.05, 4.69) is 10.2 Å². The number of aromatic amines is 1. The number of H-pyrrole nitrogens is 1. The van der Waals surface area contributed by atoms with Crippen LogP contribution in [0.15, 0.2) is 65.5 Å². The number of rotatable bonds is 4. The topological polar surface area (TPSA) is 55.0 Å². The molecule has 0 amide bonds. The van der Waals surface area contributed by atoms with Crippen molar-refractivity contribution in [2.24, 2.45) is 0 Å². The van der Waals surface area contributed by atoms with E-state index >= 15 is 0 Å². The highest BCUT2D eigenvalue weighted by Crippen LogP contribution is 2.23.